The first-order valence-electron chi connectivity index (χ1n) is 14.4. The zero-order chi connectivity index (χ0) is 26.2. The number of hydrogen-bond acceptors (Lipinski definition) is 7. The summed E-state index contributed by atoms with van der Waals surface area (Å²) in [5, 5.41) is 3.09. The summed E-state index contributed by atoms with van der Waals surface area (Å²) in [5.41, 5.74) is 1.68. The topological polar surface area (TPSA) is 91.4 Å². The van der Waals surface area contributed by atoms with Gasteiger partial charge in [-0.3, -0.25) is 19.3 Å². The Morgan fingerprint density at radius 1 is 1.00 bits per heavy atom. The van der Waals surface area contributed by atoms with Gasteiger partial charge in [-0.25, -0.2) is 0 Å². The van der Waals surface area contributed by atoms with E-state index in [1.165, 1.54) is 12.8 Å². The number of Topliss-reactive ketones (excluding diaryl/α,β-unsaturated/α-hetero) is 1. The van der Waals surface area contributed by atoms with E-state index >= 15 is 0 Å². The molecule has 4 atom stereocenters. The Balaban J connectivity index is 1.14. The average Bonchev–Trinajstić information content (AvgIpc) is 3.65. The number of likely N-dealkylation sites (tertiary alicyclic amines) is 1. The van der Waals surface area contributed by atoms with Crippen LogP contribution < -0.4 is 10.2 Å². The van der Waals surface area contributed by atoms with Crippen LogP contribution >= 0.6 is 0 Å². The Bertz CT molecular complexity index is 1030. The number of hydrogen-bond donors (Lipinski definition) is 1. The summed E-state index contributed by atoms with van der Waals surface area (Å²) in [7, 11) is 1.58. The molecule has 1 aromatic rings. The lowest BCUT2D eigenvalue weighted by molar-refractivity contribution is -0.139. The molecule has 2 aliphatic carbocycles. The molecule has 206 valence electrons. The lowest BCUT2D eigenvalue weighted by atomic mass is 9.83. The Morgan fingerprint density at radius 2 is 1.71 bits per heavy atom. The molecule has 5 fully saturated rings. The molecule has 6 rings (SSSR count). The number of amides is 2. The van der Waals surface area contributed by atoms with E-state index in [0.29, 0.717) is 12.1 Å². The van der Waals surface area contributed by atoms with Crippen LogP contribution in [-0.4, -0.2) is 104 Å². The van der Waals surface area contributed by atoms with Crippen molar-refractivity contribution in [2.75, 3.05) is 51.3 Å². The predicted molar refractivity (Wildman–Crippen MR) is 142 cm³/mol. The first-order valence-corrected chi connectivity index (χ1v) is 14.4. The molecule has 2 saturated carbocycles. The van der Waals surface area contributed by atoms with Crippen molar-refractivity contribution >= 4 is 23.3 Å². The number of ketones is 1. The number of nitrogens with one attached hydrogen (secondary N) is 1. The van der Waals surface area contributed by atoms with Gasteiger partial charge in [-0.05, 0) is 55.9 Å². The van der Waals surface area contributed by atoms with Crippen molar-refractivity contribution in [3.8, 4) is 0 Å². The molecule has 3 aliphatic heterocycles. The van der Waals surface area contributed by atoms with E-state index in [2.05, 4.69) is 15.1 Å². The highest BCUT2D eigenvalue weighted by Gasteiger charge is 2.54. The fraction of sp³-hybridized carbons (Fsp3) is 0.690. The van der Waals surface area contributed by atoms with E-state index in [9.17, 15) is 14.4 Å². The Kier molecular flexibility index (Phi) is 7.42. The second kappa shape index (κ2) is 10.9. The van der Waals surface area contributed by atoms with Gasteiger partial charge in [0.15, 0.2) is 5.78 Å². The zero-order valence-corrected chi connectivity index (χ0v) is 22.3. The summed E-state index contributed by atoms with van der Waals surface area (Å²) in [6.45, 7) is 4.49. The number of anilines is 1. The molecular weight excluding hydrogens is 484 g/mol. The predicted octanol–water partition coefficient (Wildman–Crippen LogP) is 1.84. The molecule has 38 heavy (non-hydrogen) atoms. The third kappa shape index (κ3) is 5.08. The van der Waals surface area contributed by atoms with Crippen LogP contribution in [0.4, 0.5) is 5.69 Å². The fourth-order valence-electron chi connectivity index (χ4n) is 6.91. The number of carbonyl (C=O) groups is 3. The van der Waals surface area contributed by atoms with Crippen LogP contribution in [0.2, 0.25) is 0 Å². The second-order valence-electron chi connectivity index (χ2n) is 11.6. The molecule has 1 aromatic carbocycles. The molecular formula is C29H40N4O5. The quantitative estimate of drug-likeness (QED) is 0.582. The summed E-state index contributed by atoms with van der Waals surface area (Å²) in [5.74, 6) is -0.472. The third-order valence-electron chi connectivity index (χ3n) is 9.27. The Hall–Kier alpha value is -2.49. The normalized spacial score (nSPS) is 29.4. The van der Waals surface area contributed by atoms with Crippen LogP contribution in [0.1, 0.15) is 55.3 Å². The van der Waals surface area contributed by atoms with Gasteiger partial charge in [0.25, 0.3) is 5.91 Å². The maximum atomic E-state index is 13.9. The molecule has 2 amide bonds. The van der Waals surface area contributed by atoms with Gasteiger partial charge in [0.05, 0.1) is 6.54 Å². The number of carbonyl (C=O) groups excluding carboxylic acids is 3. The Morgan fingerprint density at radius 3 is 2.37 bits per heavy atom. The smallest absolute Gasteiger partial charge is 0.251 e. The van der Waals surface area contributed by atoms with E-state index in [-0.39, 0.29) is 36.2 Å². The summed E-state index contributed by atoms with van der Waals surface area (Å²) < 4.78 is 11.2. The van der Waals surface area contributed by atoms with E-state index in [4.69, 9.17) is 9.47 Å². The standard InChI is InChI=1S/C29H40N4O5/c1-37-24-17-33(26-23(34)18-38-27(24)26)29(36)25(19-5-3-2-4-6-19)30-28(35)20-7-9-21(10-8-20)31-13-15-32(16-14-31)22-11-12-22/h7-10,19,22,24-27H,2-6,11-18H2,1H3,(H,30,35)/t24-,25-,26+,27+/m0/s1. The molecule has 0 bridgehead atoms. The van der Waals surface area contributed by atoms with Gasteiger partial charge in [0.2, 0.25) is 5.91 Å². The summed E-state index contributed by atoms with van der Waals surface area (Å²) in [4.78, 5) is 46.6. The van der Waals surface area contributed by atoms with Crippen LogP contribution in [0.25, 0.3) is 0 Å². The molecule has 9 heteroatoms. The average molecular weight is 525 g/mol. The molecule has 1 N–H and O–H groups in total. The van der Waals surface area contributed by atoms with Gasteiger partial charge >= 0.3 is 0 Å². The minimum Gasteiger partial charge on any atom is -0.377 e. The number of fused-ring (bicyclic) bond motifs is 1. The fourth-order valence-corrected chi connectivity index (χ4v) is 6.91. The monoisotopic (exact) mass is 524 g/mol. The van der Waals surface area contributed by atoms with Gasteiger partial charge in [-0.2, -0.15) is 0 Å². The molecule has 0 radical (unpaired) electrons. The minimum absolute atomic E-state index is 0.00140. The number of benzene rings is 1. The largest absolute Gasteiger partial charge is 0.377 e. The van der Waals surface area contributed by atoms with E-state index in [1.807, 2.05) is 24.3 Å². The molecule has 0 spiro atoms. The molecule has 3 saturated heterocycles. The summed E-state index contributed by atoms with van der Waals surface area (Å²) in [6, 6.07) is 7.26. The van der Waals surface area contributed by atoms with Gasteiger partial charge in [0.1, 0.15) is 30.9 Å². The second-order valence-corrected chi connectivity index (χ2v) is 11.6. The van der Waals surface area contributed by atoms with E-state index < -0.39 is 18.2 Å². The van der Waals surface area contributed by atoms with Crippen molar-refractivity contribution in [3.05, 3.63) is 29.8 Å². The maximum absolute atomic E-state index is 13.9. The number of nitrogens with zero attached hydrogens (tertiary/aromatic N) is 3. The van der Waals surface area contributed by atoms with Crippen molar-refractivity contribution in [3.63, 3.8) is 0 Å². The first kappa shape index (κ1) is 25.8. The van der Waals surface area contributed by atoms with Crippen LogP contribution in [0.3, 0.4) is 0 Å². The van der Waals surface area contributed by atoms with E-state index in [0.717, 1.165) is 70.0 Å². The third-order valence-corrected chi connectivity index (χ3v) is 9.27. The van der Waals surface area contributed by atoms with Gasteiger partial charge in [-0.1, -0.05) is 19.3 Å². The van der Waals surface area contributed by atoms with Crippen LogP contribution in [0.15, 0.2) is 24.3 Å². The van der Waals surface area contributed by atoms with Crippen molar-refractivity contribution < 1.29 is 23.9 Å². The van der Waals surface area contributed by atoms with Gasteiger partial charge < -0.3 is 24.6 Å². The van der Waals surface area contributed by atoms with Crippen LogP contribution in [-0.2, 0) is 19.1 Å². The van der Waals surface area contributed by atoms with Crippen molar-refractivity contribution in [2.45, 2.75) is 75.3 Å². The number of ether oxygens (including phenoxy) is 2. The van der Waals surface area contributed by atoms with Crippen LogP contribution in [0, 0.1) is 5.92 Å². The Labute approximate surface area is 224 Å². The highest BCUT2D eigenvalue weighted by molar-refractivity contribution is 5.99. The first-order chi connectivity index (χ1) is 18.5. The minimum atomic E-state index is -0.664. The number of rotatable bonds is 7. The van der Waals surface area contributed by atoms with Gasteiger partial charge in [0, 0.05) is 50.6 Å². The van der Waals surface area contributed by atoms with Crippen LogP contribution in [0.5, 0.6) is 0 Å². The molecule has 5 aliphatic rings. The van der Waals surface area contributed by atoms with Gasteiger partial charge in [-0.15, -0.1) is 0 Å². The van der Waals surface area contributed by atoms with Crippen molar-refractivity contribution in [1.29, 1.82) is 0 Å². The van der Waals surface area contributed by atoms with Crippen molar-refractivity contribution in [1.82, 2.24) is 15.1 Å². The lowest BCUT2D eigenvalue weighted by Crippen LogP contribution is -2.55. The lowest BCUT2D eigenvalue weighted by Gasteiger charge is -2.36. The maximum Gasteiger partial charge on any atom is 0.251 e. The highest BCUT2D eigenvalue weighted by Crippen LogP contribution is 2.33. The number of piperazine rings is 1. The molecule has 3 heterocycles. The SMILES string of the molecule is CO[C@H]1CN(C(=O)[C@@H](NC(=O)c2ccc(N3CCN(C4CC4)CC3)cc2)C2CCCCC2)[C@@H]2C(=O)CO[C@H]12. The zero-order valence-electron chi connectivity index (χ0n) is 22.3. The summed E-state index contributed by atoms with van der Waals surface area (Å²) >= 11 is 0. The van der Waals surface area contributed by atoms with Crippen molar-refractivity contribution in [2.24, 2.45) is 5.92 Å². The molecule has 0 unspecified atom stereocenters. The number of methoxy groups -OCH3 is 1. The summed E-state index contributed by atoms with van der Waals surface area (Å²) in [6.07, 6.45) is 6.92. The van der Waals surface area contributed by atoms with E-state index in [1.54, 1.807) is 12.0 Å². The highest BCUT2D eigenvalue weighted by atomic mass is 16.5. The molecule has 0 aromatic heterocycles. The molecule has 9 nitrogen and oxygen atoms in total.